The van der Waals surface area contributed by atoms with Crippen molar-refractivity contribution in [3.05, 3.63) is 65.5 Å². The Morgan fingerprint density at radius 2 is 1.79 bits per heavy atom. The average molecular weight is 385 g/mol. The van der Waals surface area contributed by atoms with Crippen molar-refractivity contribution in [3.63, 3.8) is 0 Å². The first kappa shape index (κ1) is 20.8. The molecule has 1 N–H and O–H groups in total. The number of benzene rings is 2. The van der Waals surface area contributed by atoms with E-state index in [1.54, 1.807) is 18.2 Å². The molecule has 7 heteroatoms. The first-order valence-corrected chi connectivity index (χ1v) is 8.44. The Balaban J connectivity index is 1.96. The SMILES string of the molecule is COc1ccc(/C=C/C(=O)O[C@@H](C)C(=O)c2ccc(NC(C)=O)cc2)cc1F. The molecule has 0 unspecified atom stereocenters. The van der Waals surface area contributed by atoms with Crippen molar-refractivity contribution >= 4 is 29.4 Å². The molecule has 0 bridgehead atoms. The standard InChI is InChI=1S/C21H20FNO5/c1-13(21(26)16-6-8-17(9-7-16)23-14(2)24)28-20(25)11-5-15-4-10-19(27-3)18(22)12-15/h4-13H,1-3H3,(H,23,24)/b11-5+/t13-/m0/s1. The van der Waals surface area contributed by atoms with Gasteiger partial charge in [-0.2, -0.15) is 0 Å². The van der Waals surface area contributed by atoms with Crippen LogP contribution in [0.4, 0.5) is 10.1 Å². The van der Waals surface area contributed by atoms with E-state index in [9.17, 15) is 18.8 Å². The number of halogens is 1. The summed E-state index contributed by atoms with van der Waals surface area (Å²) in [5.74, 6) is -1.78. The van der Waals surface area contributed by atoms with E-state index in [1.807, 2.05) is 0 Å². The van der Waals surface area contributed by atoms with Crippen LogP contribution in [0, 0.1) is 5.82 Å². The molecule has 146 valence electrons. The van der Waals surface area contributed by atoms with Gasteiger partial charge < -0.3 is 14.8 Å². The third-order valence-electron chi connectivity index (χ3n) is 3.74. The number of Topliss-reactive ketones (excluding diaryl/α,β-unsaturated/α-hetero) is 1. The van der Waals surface area contributed by atoms with Gasteiger partial charge >= 0.3 is 5.97 Å². The molecule has 1 atom stereocenters. The van der Waals surface area contributed by atoms with Gasteiger partial charge in [-0.25, -0.2) is 9.18 Å². The van der Waals surface area contributed by atoms with Gasteiger partial charge in [-0.1, -0.05) is 6.07 Å². The predicted molar refractivity (Wildman–Crippen MR) is 103 cm³/mol. The lowest BCUT2D eigenvalue weighted by Crippen LogP contribution is -2.23. The van der Waals surface area contributed by atoms with Crippen LogP contribution in [0.15, 0.2) is 48.5 Å². The minimum Gasteiger partial charge on any atom is -0.494 e. The summed E-state index contributed by atoms with van der Waals surface area (Å²) < 4.78 is 23.6. The van der Waals surface area contributed by atoms with Gasteiger partial charge in [-0.15, -0.1) is 0 Å². The van der Waals surface area contributed by atoms with E-state index in [-0.39, 0.29) is 17.4 Å². The first-order valence-electron chi connectivity index (χ1n) is 8.44. The number of anilines is 1. The van der Waals surface area contributed by atoms with Crippen molar-refractivity contribution in [2.75, 3.05) is 12.4 Å². The Morgan fingerprint density at radius 3 is 2.36 bits per heavy atom. The van der Waals surface area contributed by atoms with Gasteiger partial charge in [0.05, 0.1) is 7.11 Å². The maximum Gasteiger partial charge on any atom is 0.331 e. The average Bonchev–Trinajstić information content (AvgIpc) is 2.66. The predicted octanol–water partition coefficient (Wildman–Crippen LogP) is 3.62. The first-order chi connectivity index (χ1) is 13.3. The Bertz CT molecular complexity index is 906. The number of ether oxygens (including phenoxy) is 2. The summed E-state index contributed by atoms with van der Waals surface area (Å²) in [6.07, 6.45) is 1.49. The highest BCUT2D eigenvalue weighted by atomic mass is 19.1. The minimum atomic E-state index is -1.00. The lowest BCUT2D eigenvalue weighted by atomic mass is 10.1. The zero-order valence-electron chi connectivity index (χ0n) is 15.7. The summed E-state index contributed by atoms with van der Waals surface area (Å²) in [6.45, 7) is 2.84. The molecule has 0 radical (unpaired) electrons. The summed E-state index contributed by atoms with van der Waals surface area (Å²) in [6, 6.07) is 10.5. The number of hydrogen-bond donors (Lipinski definition) is 1. The number of carbonyl (C=O) groups is 3. The van der Waals surface area contributed by atoms with Gasteiger partial charge in [-0.05, 0) is 55.0 Å². The van der Waals surface area contributed by atoms with Crippen LogP contribution in [0.1, 0.15) is 29.8 Å². The lowest BCUT2D eigenvalue weighted by molar-refractivity contribution is -0.140. The number of methoxy groups -OCH3 is 1. The summed E-state index contributed by atoms with van der Waals surface area (Å²) in [4.78, 5) is 35.3. The van der Waals surface area contributed by atoms with Crippen LogP contribution in [-0.4, -0.2) is 30.9 Å². The van der Waals surface area contributed by atoms with E-state index in [1.165, 1.54) is 51.3 Å². The smallest absolute Gasteiger partial charge is 0.331 e. The molecule has 0 saturated carbocycles. The van der Waals surface area contributed by atoms with Gasteiger partial charge in [0.2, 0.25) is 11.7 Å². The molecule has 28 heavy (non-hydrogen) atoms. The molecular weight excluding hydrogens is 365 g/mol. The fourth-order valence-corrected chi connectivity index (χ4v) is 2.37. The molecule has 0 saturated heterocycles. The molecule has 0 spiro atoms. The van der Waals surface area contributed by atoms with Crippen LogP contribution in [-0.2, 0) is 14.3 Å². The zero-order valence-corrected chi connectivity index (χ0v) is 15.7. The number of ketones is 1. The molecule has 0 aliphatic carbocycles. The van der Waals surface area contributed by atoms with Crippen LogP contribution in [0.5, 0.6) is 5.75 Å². The molecule has 6 nitrogen and oxygen atoms in total. The number of carbonyl (C=O) groups excluding carboxylic acids is 3. The number of esters is 1. The van der Waals surface area contributed by atoms with E-state index in [2.05, 4.69) is 5.32 Å². The highest BCUT2D eigenvalue weighted by molar-refractivity contribution is 6.01. The molecule has 2 rings (SSSR count). The quantitative estimate of drug-likeness (QED) is 0.447. The molecule has 0 aliphatic rings. The largest absolute Gasteiger partial charge is 0.494 e. The number of amides is 1. The normalized spacial score (nSPS) is 11.7. The Labute approximate surface area is 162 Å². The van der Waals surface area contributed by atoms with E-state index < -0.39 is 17.9 Å². The van der Waals surface area contributed by atoms with E-state index >= 15 is 0 Å². The van der Waals surface area contributed by atoms with Gasteiger partial charge in [0.15, 0.2) is 17.7 Å². The molecular formula is C21H20FNO5. The Hall–Kier alpha value is -3.48. The second-order valence-corrected chi connectivity index (χ2v) is 5.93. The summed E-state index contributed by atoms with van der Waals surface area (Å²) >= 11 is 0. The third kappa shape index (κ3) is 5.77. The van der Waals surface area contributed by atoms with Crippen molar-refractivity contribution < 1.29 is 28.2 Å². The fourth-order valence-electron chi connectivity index (χ4n) is 2.37. The van der Waals surface area contributed by atoms with Crippen molar-refractivity contribution in [1.29, 1.82) is 0 Å². The summed E-state index contributed by atoms with van der Waals surface area (Å²) in [5, 5.41) is 2.60. The van der Waals surface area contributed by atoms with Gasteiger partial charge in [0.1, 0.15) is 0 Å². The molecule has 2 aromatic carbocycles. The van der Waals surface area contributed by atoms with E-state index in [4.69, 9.17) is 9.47 Å². The molecule has 2 aromatic rings. The highest BCUT2D eigenvalue weighted by Crippen LogP contribution is 2.18. The van der Waals surface area contributed by atoms with Gasteiger partial charge in [0.25, 0.3) is 0 Å². The summed E-state index contributed by atoms with van der Waals surface area (Å²) in [5.41, 5.74) is 1.35. The van der Waals surface area contributed by atoms with Crippen molar-refractivity contribution in [3.8, 4) is 5.75 Å². The molecule has 0 aromatic heterocycles. The van der Waals surface area contributed by atoms with Crippen LogP contribution in [0.3, 0.4) is 0 Å². The second kappa shape index (κ2) is 9.45. The van der Waals surface area contributed by atoms with Crippen molar-refractivity contribution in [2.45, 2.75) is 20.0 Å². The number of hydrogen-bond acceptors (Lipinski definition) is 5. The topological polar surface area (TPSA) is 81.7 Å². The molecule has 1 amide bonds. The van der Waals surface area contributed by atoms with Gasteiger partial charge in [-0.3, -0.25) is 9.59 Å². The molecule has 0 fully saturated rings. The maximum absolute atomic E-state index is 13.6. The second-order valence-electron chi connectivity index (χ2n) is 5.93. The van der Waals surface area contributed by atoms with E-state index in [0.29, 0.717) is 16.8 Å². The molecule has 0 heterocycles. The Kier molecular flexibility index (Phi) is 7.03. The summed E-state index contributed by atoms with van der Waals surface area (Å²) in [7, 11) is 1.36. The fraction of sp³-hybridized carbons (Fsp3) is 0.190. The maximum atomic E-state index is 13.6. The van der Waals surface area contributed by atoms with Gasteiger partial charge in [0, 0.05) is 24.3 Å². The zero-order chi connectivity index (χ0) is 20.7. The number of nitrogens with one attached hydrogen (secondary N) is 1. The Morgan fingerprint density at radius 1 is 1.11 bits per heavy atom. The lowest BCUT2D eigenvalue weighted by Gasteiger charge is -2.11. The van der Waals surface area contributed by atoms with E-state index in [0.717, 1.165) is 6.08 Å². The van der Waals surface area contributed by atoms with Crippen molar-refractivity contribution in [1.82, 2.24) is 0 Å². The van der Waals surface area contributed by atoms with Crippen LogP contribution in [0.25, 0.3) is 6.08 Å². The van der Waals surface area contributed by atoms with Crippen LogP contribution < -0.4 is 10.1 Å². The van der Waals surface area contributed by atoms with Crippen LogP contribution >= 0.6 is 0 Å². The highest BCUT2D eigenvalue weighted by Gasteiger charge is 2.18. The monoisotopic (exact) mass is 385 g/mol. The minimum absolute atomic E-state index is 0.100. The third-order valence-corrected chi connectivity index (χ3v) is 3.74. The van der Waals surface area contributed by atoms with Crippen molar-refractivity contribution in [2.24, 2.45) is 0 Å². The molecule has 0 aliphatic heterocycles. The van der Waals surface area contributed by atoms with Crippen LogP contribution in [0.2, 0.25) is 0 Å². The number of rotatable bonds is 7.